The first kappa shape index (κ1) is 9.26. The van der Waals surface area contributed by atoms with Crippen molar-refractivity contribution in [2.24, 2.45) is 5.73 Å². The van der Waals surface area contributed by atoms with Gasteiger partial charge in [0.2, 0.25) is 0 Å². The van der Waals surface area contributed by atoms with Crippen LogP contribution in [0.5, 0.6) is 0 Å². The van der Waals surface area contributed by atoms with Gasteiger partial charge >= 0.3 is 0 Å². The van der Waals surface area contributed by atoms with Crippen molar-refractivity contribution in [2.45, 2.75) is 6.04 Å². The molecule has 1 aliphatic rings. The Morgan fingerprint density at radius 1 is 1.29 bits per heavy atom. The third-order valence-corrected chi connectivity index (χ3v) is 2.29. The lowest BCUT2D eigenvalue weighted by Gasteiger charge is -2.35. The molecule has 1 aromatic carbocycles. The van der Waals surface area contributed by atoms with E-state index in [1.54, 1.807) is 0 Å². The second kappa shape index (κ2) is 4.28. The molecular formula is C12H14N2. The van der Waals surface area contributed by atoms with Crippen LogP contribution in [-0.4, -0.2) is 30.6 Å². The van der Waals surface area contributed by atoms with Gasteiger partial charge < -0.3 is 5.73 Å². The van der Waals surface area contributed by atoms with E-state index in [2.05, 4.69) is 16.7 Å². The monoisotopic (exact) mass is 186 g/mol. The van der Waals surface area contributed by atoms with Gasteiger partial charge in [-0.3, -0.25) is 4.90 Å². The van der Waals surface area contributed by atoms with Crippen molar-refractivity contribution < 1.29 is 0 Å². The molecule has 1 aliphatic heterocycles. The van der Waals surface area contributed by atoms with Crippen LogP contribution in [0.25, 0.3) is 0 Å². The van der Waals surface area contributed by atoms with Gasteiger partial charge in [0.1, 0.15) is 0 Å². The highest BCUT2D eigenvalue weighted by atomic mass is 15.2. The maximum absolute atomic E-state index is 5.66. The second-order valence-electron chi connectivity index (χ2n) is 3.62. The molecule has 0 unspecified atom stereocenters. The Morgan fingerprint density at radius 3 is 2.64 bits per heavy atom. The van der Waals surface area contributed by atoms with Crippen molar-refractivity contribution in [3.05, 3.63) is 35.9 Å². The lowest BCUT2D eigenvalue weighted by molar-refractivity contribution is 0.172. The molecule has 1 heterocycles. The summed E-state index contributed by atoms with van der Waals surface area (Å²) >= 11 is 0. The lowest BCUT2D eigenvalue weighted by Crippen LogP contribution is -2.55. The van der Waals surface area contributed by atoms with Crippen LogP contribution in [-0.2, 0) is 0 Å². The summed E-state index contributed by atoms with van der Waals surface area (Å²) in [7, 11) is 0. The molecule has 1 aromatic rings. The van der Waals surface area contributed by atoms with E-state index in [0.29, 0.717) is 6.04 Å². The van der Waals surface area contributed by atoms with Crippen molar-refractivity contribution in [1.82, 2.24) is 4.90 Å². The minimum atomic E-state index is 0.369. The van der Waals surface area contributed by atoms with E-state index in [1.807, 2.05) is 30.3 Å². The van der Waals surface area contributed by atoms with Crippen LogP contribution in [0.3, 0.4) is 0 Å². The van der Waals surface area contributed by atoms with Gasteiger partial charge in [-0.15, -0.1) is 0 Å². The Bertz CT molecular complexity index is 342. The first-order valence-electron chi connectivity index (χ1n) is 4.86. The molecule has 0 aliphatic carbocycles. The standard InChI is InChI=1S/C12H14N2/c13-12-9-14(10-12)8-4-7-11-5-2-1-3-6-11/h1-3,5-6,12H,8-10,13H2. The van der Waals surface area contributed by atoms with Gasteiger partial charge in [0.25, 0.3) is 0 Å². The molecule has 14 heavy (non-hydrogen) atoms. The molecule has 0 aromatic heterocycles. The quantitative estimate of drug-likeness (QED) is 0.654. The molecule has 2 N–H and O–H groups in total. The van der Waals surface area contributed by atoms with Crippen molar-refractivity contribution in [1.29, 1.82) is 0 Å². The smallest absolute Gasteiger partial charge is 0.0606 e. The fourth-order valence-electron chi connectivity index (χ4n) is 1.51. The Labute approximate surface area is 84.7 Å². The lowest BCUT2D eigenvalue weighted by atomic mass is 10.1. The van der Waals surface area contributed by atoms with E-state index in [0.717, 1.165) is 25.2 Å². The summed E-state index contributed by atoms with van der Waals surface area (Å²) in [5.41, 5.74) is 6.74. The van der Waals surface area contributed by atoms with Crippen LogP contribution in [0, 0.1) is 11.8 Å². The minimum Gasteiger partial charge on any atom is -0.325 e. The molecule has 1 fully saturated rings. The predicted molar refractivity (Wildman–Crippen MR) is 57.7 cm³/mol. The number of hydrogen-bond acceptors (Lipinski definition) is 2. The van der Waals surface area contributed by atoms with E-state index in [-0.39, 0.29) is 0 Å². The van der Waals surface area contributed by atoms with Gasteiger partial charge in [-0.2, -0.15) is 0 Å². The Balaban J connectivity index is 1.83. The first-order valence-corrected chi connectivity index (χ1v) is 4.86. The van der Waals surface area contributed by atoms with Crippen LogP contribution >= 0.6 is 0 Å². The third-order valence-electron chi connectivity index (χ3n) is 2.29. The summed E-state index contributed by atoms with van der Waals surface area (Å²) in [5, 5.41) is 0. The summed E-state index contributed by atoms with van der Waals surface area (Å²) in [6, 6.07) is 10.4. The molecule has 0 spiro atoms. The van der Waals surface area contributed by atoms with E-state index in [1.165, 1.54) is 0 Å². The number of hydrogen-bond donors (Lipinski definition) is 1. The van der Waals surface area contributed by atoms with E-state index < -0.39 is 0 Å². The van der Waals surface area contributed by atoms with Crippen molar-refractivity contribution in [2.75, 3.05) is 19.6 Å². The predicted octanol–water partition coefficient (Wildman–Crippen LogP) is 0.681. The van der Waals surface area contributed by atoms with Gasteiger partial charge in [-0.1, -0.05) is 30.0 Å². The average Bonchev–Trinajstić information content (AvgIpc) is 2.17. The molecular weight excluding hydrogens is 172 g/mol. The Hall–Kier alpha value is -1.30. The molecule has 72 valence electrons. The number of nitrogens with zero attached hydrogens (tertiary/aromatic N) is 1. The van der Waals surface area contributed by atoms with Gasteiger partial charge in [0.05, 0.1) is 6.54 Å². The number of nitrogens with two attached hydrogens (primary N) is 1. The molecule has 0 bridgehead atoms. The molecule has 0 atom stereocenters. The minimum absolute atomic E-state index is 0.369. The fraction of sp³-hybridized carbons (Fsp3) is 0.333. The number of likely N-dealkylation sites (tertiary alicyclic amines) is 1. The van der Waals surface area contributed by atoms with Gasteiger partial charge in [0, 0.05) is 24.7 Å². The summed E-state index contributed by atoms with van der Waals surface area (Å²) in [5.74, 6) is 6.27. The third kappa shape index (κ3) is 2.35. The highest BCUT2D eigenvalue weighted by Crippen LogP contribution is 2.03. The molecule has 0 saturated carbocycles. The maximum atomic E-state index is 5.66. The van der Waals surface area contributed by atoms with E-state index >= 15 is 0 Å². The summed E-state index contributed by atoms with van der Waals surface area (Å²) in [4.78, 5) is 2.25. The molecule has 2 nitrogen and oxygen atoms in total. The molecule has 2 heteroatoms. The highest BCUT2D eigenvalue weighted by Gasteiger charge is 2.20. The Kier molecular flexibility index (Phi) is 2.83. The SMILES string of the molecule is NC1CN(CC#Cc2ccccc2)C1. The van der Waals surface area contributed by atoms with Gasteiger partial charge in [-0.05, 0) is 12.1 Å². The van der Waals surface area contributed by atoms with Gasteiger partial charge in [0.15, 0.2) is 0 Å². The van der Waals surface area contributed by atoms with Crippen LogP contribution < -0.4 is 5.73 Å². The summed E-state index contributed by atoms with van der Waals surface area (Å²) in [6.07, 6.45) is 0. The van der Waals surface area contributed by atoms with E-state index in [4.69, 9.17) is 5.73 Å². The fourth-order valence-corrected chi connectivity index (χ4v) is 1.51. The number of benzene rings is 1. The van der Waals surface area contributed by atoms with Gasteiger partial charge in [-0.25, -0.2) is 0 Å². The summed E-state index contributed by atoms with van der Waals surface area (Å²) < 4.78 is 0. The van der Waals surface area contributed by atoms with Crippen LogP contribution in [0.2, 0.25) is 0 Å². The average molecular weight is 186 g/mol. The van der Waals surface area contributed by atoms with Crippen LogP contribution in [0.15, 0.2) is 30.3 Å². The molecule has 0 amide bonds. The zero-order valence-corrected chi connectivity index (χ0v) is 8.11. The maximum Gasteiger partial charge on any atom is 0.0606 e. The van der Waals surface area contributed by atoms with Crippen LogP contribution in [0.4, 0.5) is 0 Å². The van der Waals surface area contributed by atoms with Crippen LogP contribution in [0.1, 0.15) is 5.56 Å². The van der Waals surface area contributed by atoms with Crippen molar-refractivity contribution in [3.8, 4) is 11.8 Å². The van der Waals surface area contributed by atoms with E-state index in [9.17, 15) is 0 Å². The topological polar surface area (TPSA) is 29.3 Å². The zero-order chi connectivity index (χ0) is 9.80. The highest BCUT2D eigenvalue weighted by molar-refractivity contribution is 5.33. The largest absolute Gasteiger partial charge is 0.325 e. The van der Waals surface area contributed by atoms with Crippen molar-refractivity contribution >= 4 is 0 Å². The normalized spacial score (nSPS) is 16.9. The zero-order valence-electron chi connectivity index (χ0n) is 8.11. The van der Waals surface area contributed by atoms with Crippen molar-refractivity contribution in [3.63, 3.8) is 0 Å². The molecule has 0 radical (unpaired) electrons. The molecule has 2 rings (SSSR count). The Morgan fingerprint density at radius 2 is 2.00 bits per heavy atom. The first-order chi connectivity index (χ1) is 6.84. The molecule has 1 saturated heterocycles. The summed E-state index contributed by atoms with van der Waals surface area (Å²) in [6.45, 7) is 2.82. The number of rotatable bonds is 1. The second-order valence-corrected chi connectivity index (χ2v) is 3.62.